The predicted octanol–water partition coefficient (Wildman–Crippen LogP) is 2.09. The molecule has 2 aromatic rings. The van der Waals surface area contributed by atoms with Gasteiger partial charge in [-0.25, -0.2) is 0 Å². The summed E-state index contributed by atoms with van der Waals surface area (Å²) in [6, 6.07) is 11.3. The van der Waals surface area contributed by atoms with Gasteiger partial charge < -0.3 is 9.47 Å². The van der Waals surface area contributed by atoms with E-state index in [0.717, 1.165) is 25.0 Å². The molecule has 2 amide bonds. The zero-order chi connectivity index (χ0) is 17.5. The van der Waals surface area contributed by atoms with E-state index in [-0.39, 0.29) is 19.1 Å². The summed E-state index contributed by atoms with van der Waals surface area (Å²) in [6.07, 6.45) is 3.23. The van der Waals surface area contributed by atoms with Crippen LogP contribution in [-0.4, -0.2) is 31.6 Å². The Hall–Kier alpha value is -2.38. The highest BCUT2D eigenvalue weighted by atomic mass is 32.1. The van der Waals surface area contributed by atoms with Crippen molar-refractivity contribution in [2.24, 2.45) is 0 Å². The molecule has 6 nitrogen and oxygen atoms in total. The molecule has 0 unspecified atom stereocenters. The first kappa shape index (κ1) is 17.4. The second kappa shape index (κ2) is 8.64. The van der Waals surface area contributed by atoms with Gasteiger partial charge >= 0.3 is 0 Å². The van der Waals surface area contributed by atoms with Crippen LogP contribution in [0, 0.1) is 0 Å². The summed E-state index contributed by atoms with van der Waals surface area (Å²) in [6.45, 7) is 0.498. The lowest BCUT2D eigenvalue weighted by Crippen LogP contribution is -2.43. The summed E-state index contributed by atoms with van der Waals surface area (Å²) in [5, 5.41) is 0. The number of thiophene rings is 1. The molecule has 2 N–H and O–H groups in total. The summed E-state index contributed by atoms with van der Waals surface area (Å²) in [4.78, 5) is 25.6. The van der Waals surface area contributed by atoms with Gasteiger partial charge in [0, 0.05) is 4.88 Å². The van der Waals surface area contributed by atoms with Gasteiger partial charge in [-0.1, -0.05) is 18.2 Å². The number of ether oxygens (including phenoxy) is 2. The summed E-state index contributed by atoms with van der Waals surface area (Å²) >= 11 is 1.49. The Morgan fingerprint density at radius 2 is 1.92 bits per heavy atom. The standard InChI is InChI=1S/C18H20N2O4S/c21-17(12-23-9-10-24-14-6-2-1-3-7-14)19-20-18(22)16-11-13-5-4-8-15(13)25-16/h1-3,6-7,11H,4-5,8-10,12H2,(H,19,21)(H,20,22). The maximum atomic E-state index is 12.0. The van der Waals surface area contributed by atoms with Crippen molar-refractivity contribution < 1.29 is 19.1 Å². The first-order chi connectivity index (χ1) is 12.2. The largest absolute Gasteiger partial charge is 0.491 e. The number of carbonyl (C=O) groups excluding carboxylic acids is 2. The third kappa shape index (κ3) is 5.04. The number of hydrogen-bond donors (Lipinski definition) is 2. The molecule has 1 aliphatic carbocycles. The van der Waals surface area contributed by atoms with Crippen molar-refractivity contribution in [3.8, 4) is 5.75 Å². The highest BCUT2D eigenvalue weighted by Crippen LogP contribution is 2.30. The fraction of sp³-hybridized carbons (Fsp3) is 0.333. The number of para-hydroxylation sites is 1. The summed E-state index contributed by atoms with van der Waals surface area (Å²) in [7, 11) is 0. The molecule has 3 rings (SSSR count). The Morgan fingerprint density at radius 1 is 1.08 bits per heavy atom. The van der Waals surface area contributed by atoms with E-state index in [1.54, 1.807) is 0 Å². The van der Waals surface area contributed by atoms with E-state index in [9.17, 15) is 9.59 Å². The van der Waals surface area contributed by atoms with Crippen molar-refractivity contribution in [3.05, 3.63) is 51.7 Å². The van der Waals surface area contributed by atoms with Crippen LogP contribution in [0.15, 0.2) is 36.4 Å². The van der Waals surface area contributed by atoms with Gasteiger partial charge in [0.2, 0.25) is 0 Å². The quantitative estimate of drug-likeness (QED) is 0.586. The number of hydrazine groups is 1. The van der Waals surface area contributed by atoms with Crippen LogP contribution >= 0.6 is 11.3 Å². The van der Waals surface area contributed by atoms with Crippen LogP contribution < -0.4 is 15.6 Å². The molecule has 0 bridgehead atoms. The zero-order valence-electron chi connectivity index (χ0n) is 13.7. The molecule has 0 spiro atoms. The van der Waals surface area contributed by atoms with Gasteiger partial charge in [0.05, 0.1) is 11.5 Å². The lowest BCUT2D eigenvalue weighted by Gasteiger charge is -2.08. The second-order valence-corrected chi connectivity index (χ2v) is 6.77. The molecule has 25 heavy (non-hydrogen) atoms. The van der Waals surface area contributed by atoms with Crippen LogP contribution in [-0.2, 0) is 22.4 Å². The molecule has 7 heteroatoms. The van der Waals surface area contributed by atoms with E-state index in [1.807, 2.05) is 36.4 Å². The smallest absolute Gasteiger partial charge is 0.279 e. The number of benzene rings is 1. The fourth-order valence-electron chi connectivity index (χ4n) is 2.57. The third-order valence-electron chi connectivity index (χ3n) is 3.76. The van der Waals surface area contributed by atoms with E-state index < -0.39 is 5.91 Å². The summed E-state index contributed by atoms with van der Waals surface area (Å²) in [5.41, 5.74) is 6.02. The Bertz CT molecular complexity index is 708. The lowest BCUT2D eigenvalue weighted by atomic mass is 10.2. The van der Waals surface area contributed by atoms with Gasteiger partial charge in [0.15, 0.2) is 0 Å². The lowest BCUT2D eigenvalue weighted by molar-refractivity contribution is -0.126. The highest BCUT2D eigenvalue weighted by Gasteiger charge is 2.18. The Balaban J connectivity index is 1.29. The molecule has 1 aliphatic rings. The molecule has 1 heterocycles. The number of nitrogens with one attached hydrogen (secondary N) is 2. The molecule has 0 atom stereocenters. The Labute approximate surface area is 150 Å². The highest BCUT2D eigenvalue weighted by molar-refractivity contribution is 7.14. The minimum Gasteiger partial charge on any atom is -0.491 e. The Kier molecular flexibility index (Phi) is 6.03. The van der Waals surface area contributed by atoms with Gasteiger partial charge in [0.25, 0.3) is 11.8 Å². The van der Waals surface area contributed by atoms with Crippen molar-refractivity contribution >= 4 is 23.2 Å². The van der Waals surface area contributed by atoms with Crippen molar-refractivity contribution in [1.82, 2.24) is 10.9 Å². The molecule has 0 aliphatic heterocycles. The topological polar surface area (TPSA) is 76.7 Å². The minimum absolute atomic E-state index is 0.140. The second-order valence-electron chi connectivity index (χ2n) is 5.63. The maximum absolute atomic E-state index is 12.0. The monoisotopic (exact) mass is 360 g/mol. The normalized spacial score (nSPS) is 12.5. The van der Waals surface area contributed by atoms with Crippen molar-refractivity contribution in [2.75, 3.05) is 19.8 Å². The summed E-state index contributed by atoms with van der Waals surface area (Å²) in [5.74, 6) is 0.0583. The molecule has 0 fully saturated rings. The predicted molar refractivity (Wildman–Crippen MR) is 94.7 cm³/mol. The average molecular weight is 360 g/mol. The fourth-order valence-corrected chi connectivity index (χ4v) is 3.71. The number of amides is 2. The average Bonchev–Trinajstić information content (AvgIpc) is 3.22. The maximum Gasteiger partial charge on any atom is 0.279 e. The van der Waals surface area contributed by atoms with Gasteiger partial charge in [-0.2, -0.15) is 0 Å². The molecule has 0 radical (unpaired) electrons. The van der Waals surface area contributed by atoms with Gasteiger partial charge in [-0.3, -0.25) is 20.4 Å². The van der Waals surface area contributed by atoms with Crippen LogP contribution in [0.25, 0.3) is 0 Å². The number of rotatable bonds is 7. The van der Waals surface area contributed by atoms with Crippen LogP contribution in [0.5, 0.6) is 5.75 Å². The Morgan fingerprint density at radius 3 is 2.72 bits per heavy atom. The van der Waals surface area contributed by atoms with Crippen molar-refractivity contribution in [2.45, 2.75) is 19.3 Å². The molecular formula is C18H20N2O4S. The SMILES string of the molecule is O=C(COCCOc1ccccc1)NNC(=O)c1cc2c(s1)CCC2. The van der Waals surface area contributed by atoms with E-state index in [4.69, 9.17) is 9.47 Å². The molecule has 1 aromatic heterocycles. The first-order valence-corrected chi connectivity index (χ1v) is 9.00. The zero-order valence-corrected chi connectivity index (χ0v) is 14.6. The van der Waals surface area contributed by atoms with Crippen LogP contribution in [0.3, 0.4) is 0 Å². The van der Waals surface area contributed by atoms with Crippen LogP contribution in [0.4, 0.5) is 0 Å². The van der Waals surface area contributed by atoms with Gasteiger partial charge in [-0.05, 0) is 43.0 Å². The van der Waals surface area contributed by atoms with Crippen LogP contribution in [0.1, 0.15) is 26.5 Å². The number of hydrogen-bond acceptors (Lipinski definition) is 5. The summed E-state index contributed by atoms with van der Waals surface area (Å²) < 4.78 is 10.7. The molecule has 132 valence electrons. The molecule has 0 saturated carbocycles. The van der Waals surface area contributed by atoms with E-state index in [2.05, 4.69) is 10.9 Å². The van der Waals surface area contributed by atoms with Crippen molar-refractivity contribution in [3.63, 3.8) is 0 Å². The number of fused-ring (bicyclic) bond motifs is 1. The first-order valence-electron chi connectivity index (χ1n) is 8.19. The van der Waals surface area contributed by atoms with E-state index >= 15 is 0 Å². The van der Waals surface area contributed by atoms with Crippen LogP contribution in [0.2, 0.25) is 0 Å². The third-order valence-corrected chi connectivity index (χ3v) is 4.99. The number of carbonyl (C=O) groups is 2. The number of aryl methyl sites for hydroxylation is 2. The van der Waals surface area contributed by atoms with E-state index in [0.29, 0.717) is 11.5 Å². The van der Waals surface area contributed by atoms with Gasteiger partial charge in [0.1, 0.15) is 19.0 Å². The minimum atomic E-state index is -0.405. The molecule has 1 aromatic carbocycles. The van der Waals surface area contributed by atoms with Crippen molar-refractivity contribution in [1.29, 1.82) is 0 Å². The van der Waals surface area contributed by atoms with E-state index in [1.165, 1.54) is 21.8 Å². The molecule has 0 saturated heterocycles. The van der Waals surface area contributed by atoms with Gasteiger partial charge in [-0.15, -0.1) is 11.3 Å². The molecular weight excluding hydrogens is 340 g/mol.